The van der Waals surface area contributed by atoms with E-state index in [4.69, 9.17) is 25.8 Å². The predicted molar refractivity (Wildman–Crippen MR) is 110 cm³/mol. The van der Waals surface area contributed by atoms with Crippen LogP contribution in [0.2, 0.25) is 5.15 Å². The molecule has 0 aliphatic carbocycles. The molecule has 28 heavy (non-hydrogen) atoms. The van der Waals surface area contributed by atoms with Gasteiger partial charge < -0.3 is 19.5 Å². The first kappa shape index (κ1) is 20.0. The number of rotatable bonds is 9. The van der Waals surface area contributed by atoms with Gasteiger partial charge in [0.25, 0.3) is 0 Å². The fraction of sp³-hybridized carbons (Fsp3) is 0.227. The van der Waals surface area contributed by atoms with Gasteiger partial charge in [-0.3, -0.25) is 0 Å². The van der Waals surface area contributed by atoms with Crippen LogP contribution in [0.1, 0.15) is 16.7 Å². The zero-order valence-corrected chi connectivity index (χ0v) is 16.7. The normalized spacial score (nSPS) is 10.5. The Morgan fingerprint density at radius 2 is 1.54 bits per heavy atom. The Labute approximate surface area is 170 Å². The molecule has 0 bridgehead atoms. The lowest BCUT2D eigenvalue weighted by atomic mass is 10.1. The topological polar surface area (TPSA) is 52.6 Å². The van der Waals surface area contributed by atoms with Gasteiger partial charge >= 0.3 is 0 Å². The Hall–Kier alpha value is -2.76. The van der Waals surface area contributed by atoms with E-state index in [0.29, 0.717) is 23.3 Å². The maximum absolute atomic E-state index is 5.86. The molecule has 0 saturated heterocycles. The summed E-state index contributed by atoms with van der Waals surface area (Å²) in [7, 11) is 3.31. The van der Waals surface area contributed by atoms with Gasteiger partial charge in [-0.1, -0.05) is 35.9 Å². The number of benzene rings is 2. The van der Waals surface area contributed by atoms with Crippen LogP contribution in [0, 0.1) is 0 Å². The van der Waals surface area contributed by atoms with Crippen LogP contribution in [0.4, 0.5) is 0 Å². The Bertz CT molecular complexity index is 883. The van der Waals surface area contributed by atoms with E-state index in [1.807, 2.05) is 36.4 Å². The zero-order chi connectivity index (χ0) is 19.8. The molecular formula is C22H23ClN2O3. The van der Waals surface area contributed by atoms with Crippen LogP contribution in [-0.2, 0) is 19.7 Å². The average molecular weight is 399 g/mol. The Balaban J connectivity index is 1.55. The molecule has 0 atom stereocenters. The number of nitrogens with one attached hydrogen (secondary N) is 1. The van der Waals surface area contributed by atoms with Crippen LogP contribution in [0.3, 0.4) is 0 Å². The Kier molecular flexibility index (Phi) is 7.12. The van der Waals surface area contributed by atoms with Crippen molar-refractivity contribution in [1.29, 1.82) is 0 Å². The van der Waals surface area contributed by atoms with Crippen LogP contribution in [0.25, 0.3) is 0 Å². The maximum atomic E-state index is 5.86. The number of methoxy groups -OCH3 is 2. The van der Waals surface area contributed by atoms with Gasteiger partial charge in [-0.05, 0) is 41.5 Å². The van der Waals surface area contributed by atoms with E-state index in [0.717, 1.165) is 30.0 Å². The van der Waals surface area contributed by atoms with Gasteiger partial charge in [-0.25, -0.2) is 4.98 Å². The summed E-state index contributed by atoms with van der Waals surface area (Å²) in [5.41, 5.74) is 3.26. The van der Waals surface area contributed by atoms with Gasteiger partial charge in [0.15, 0.2) is 11.5 Å². The highest BCUT2D eigenvalue weighted by atomic mass is 35.5. The molecule has 5 nitrogen and oxygen atoms in total. The number of pyridine rings is 1. The first-order valence-electron chi connectivity index (χ1n) is 8.91. The minimum atomic E-state index is 0.398. The summed E-state index contributed by atoms with van der Waals surface area (Å²) in [6.45, 7) is 1.90. The molecule has 1 N–H and O–H groups in total. The molecule has 1 heterocycles. The molecule has 0 saturated carbocycles. The molecule has 3 rings (SSSR count). The first-order valence-corrected chi connectivity index (χ1v) is 9.29. The summed E-state index contributed by atoms with van der Waals surface area (Å²) >= 11 is 5.80. The van der Waals surface area contributed by atoms with Gasteiger partial charge in [0.2, 0.25) is 0 Å². The van der Waals surface area contributed by atoms with Crippen LogP contribution >= 0.6 is 11.6 Å². The second-order valence-corrected chi connectivity index (χ2v) is 6.60. The Morgan fingerprint density at radius 1 is 0.821 bits per heavy atom. The van der Waals surface area contributed by atoms with Gasteiger partial charge in [-0.2, -0.15) is 0 Å². The number of nitrogens with zero attached hydrogens (tertiary/aromatic N) is 1. The van der Waals surface area contributed by atoms with Gasteiger partial charge in [0.05, 0.1) is 14.2 Å². The summed E-state index contributed by atoms with van der Waals surface area (Å²) < 4.78 is 16.5. The van der Waals surface area contributed by atoms with Gasteiger partial charge in [0, 0.05) is 24.8 Å². The Morgan fingerprint density at radius 3 is 2.21 bits per heavy atom. The number of halogens is 1. The monoisotopic (exact) mass is 398 g/mol. The van der Waals surface area contributed by atoms with Crippen molar-refractivity contribution in [3.8, 4) is 17.2 Å². The summed E-state index contributed by atoms with van der Waals surface area (Å²) in [6, 6.07) is 17.6. The molecule has 146 valence electrons. The molecule has 6 heteroatoms. The first-order chi connectivity index (χ1) is 13.7. The lowest BCUT2D eigenvalue weighted by Gasteiger charge is -2.13. The predicted octanol–water partition coefficient (Wildman–Crippen LogP) is 4.62. The molecule has 1 aromatic heterocycles. The molecule has 0 amide bonds. The molecule has 0 aliphatic heterocycles. The van der Waals surface area contributed by atoms with E-state index >= 15 is 0 Å². The SMILES string of the molecule is COc1ccc(CNCc2ccc(OCc3ccc(Cl)nc3)c(OC)c2)cc1. The third-order valence-corrected chi connectivity index (χ3v) is 4.45. The number of aromatic nitrogens is 1. The third kappa shape index (κ3) is 5.62. The highest BCUT2D eigenvalue weighted by molar-refractivity contribution is 6.29. The fourth-order valence-electron chi connectivity index (χ4n) is 2.69. The van der Waals surface area contributed by atoms with Crippen molar-refractivity contribution in [2.24, 2.45) is 0 Å². The molecule has 0 unspecified atom stereocenters. The fourth-order valence-corrected chi connectivity index (χ4v) is 2.80. The minimum Gasteiger partial charge on any atom is -0.497 e. The van der Waals surface area contributed by atoms with Crippen molar-refractivity contribution < 1.29 is 14.2 Å². The molecule has 3 aromatic rings. The molecule has 0 fully saturated rings. The van der Waals surface area contributed by atoms with E-state index in [-0.39, 0.29) is 0 Å². The van der Waals surface area contributed by atoms with Crippen LogP contribution in [0.5, 0.6) is 17.2 Å². The maximum Gasteiger partial charge on any atom is 0.161 e. The molecular weight excluding hydrogens is 376 g/mol. The van der Waals surface area contributed by atoms with E-state index in [1.54, 1.807) is 26.5 Å². The molecule has 2 aromatic carbocycles. The largest absolute Gasteiger partial charge is 0.497 e. The smallest absolute Gasteiger partial charge is 0.161 e. The van der Waals surface area contributed by atoms with E-state index < -0.39 is 0 Å². The van der Waals surface area contributed by atoms with Crippen LogP contribution < -0.4 is 19.5 Å². The summed E-state index contributed by atoms with van der Waals surface area (Å²) in [6.07, 6.45) is 1.70. The highest BCUT2D eigenvalue weighted by Gasteiger charge is 2.07. The summed E-state index contributed by atoms with van der Waals surface area (Å²) in [4.78, 5) is 4.06. The standard InChI is InChI=1S/C22H23ClN2O3/c1-26-19-7-3-16(4-8-19)12-24-13-17-5-9-20(21(11-17)27-2)28-15-18-6-10-22(23)25-14-18/h3-11,14,24H,12-13,15H2,1-2H3. The van der Waals surface area contributed by atoms with Crippen molar-refractivity contribution >= 4 is 11.6 Å². The van der Waals surface area contributed by atoms with Crippen molar-refractivity contribution in [2.75, 3.05) is 14.2 Å². The zero-order valence-electron chi connectivity index (χ0n) is 15.9. The van der Waals surface area contributed by atoms with Crippen LogP contribution in [0.15, 0.2) is 60.8 Å². The number of ether oxygens (including phenoxy) is 3. The summed E-state index contributed by atoms with van der Waals surface area (Å²) in [5, 5.41) is 3.90. The van der Waals surface area contributed by atoms with Crippen molar-refractivity contribution in [1.82, 2.24) is 10.3 Å². The molecule has 0 radical (unpaired) electrons. The molecule has 0 aliphatic rings. The highest BCUT2D eigenvalue weighted by Crippen LogP contribution is 2.29. The van der Waals surface area contributed by atoms with Crippen molar-refractivity contribution in [3.63, 3.8) is 0 Å². The molecule has 0 spiro atoms. The average Bonchev–Trinajstić information content (AvgIpc) is 2.74. The summed E-state index contributed by atoms with van der Waals surface area (Å²) in [5.74, 6) is 2.25. The lowest BCUT2D eigenvalue weighted by Crippen LogP contribution is -2.12. The number of hydrogen-bond donors (Lipinski definition) is 1. The minimum absolute atomic E-state index is 0.398. The van der Waals surface area contributed by atoms with Gasteiger partial charge in [-0.15, -0.1) is 0 Å². The van der Waals surface area contributed by atoms with E-state index in [2.05, 4.69) is 22.4 Å². The second-order valence-electron chi connectivity index (χ2n) is 6.21. The van der Waals surface area contributed by atoms with Crippen molar-refractivity contribution in [2.45, 2.75) is 19.7 Å². The van der Waals surface area contributed by atoms with Gasteiger partial charge in [0.1, 0.15) is 17.5 Å². The number of hydrogen-bond acceptors (Lipinski definition) is 5. The van der Waals surface area contributed by atoms with Crippen molar-refractivity contribution in [3.05, 3.63) is 82.6 Å². The van der Waals surface area contributed by atoms with Crippen LogP contribution in [-0.4, -0.2) is 19.2 Å². The quantitative estimate of drug-likeness (QED) is 0.533. The second kappa shape index (κ2) is 9.97. The third-order valence-electron chi connectivity index (χ3n) is 4.23. The van der Waals surface area contributed by atoms with E-state index in [1.165, 1.54) is 5.56 Å². The van der Waals surface area contributed by atoms with E-state index in [9.17, 15) is 0 Å². The lowest BCUT2D eigenvalue weighted by molar-refractivity contribution is 0.284.